The Morgan fingerprint density at radius 3 is 2.41 bits per heavy atom. The van der Waals surface area contributed by atoms with E-state index in [0.29, 0.717) is 24.6 Å². The molecule has 1 saturated carbocycles. The molecule has 3 aromatic rings. The van der Waals surface area contributed by atoms with Gasteiger partial charge in [0.2, 0.25) is 0 Å². The lowest BCUT2D eigenvalue weighted by atomic mass is 9.82. The highest BCUT2D eigenvalue weighted by molar-refractivity contribution is 6.07. The Hall–Kier alpha value is -3.45. The second-order valence-electron chi connectivity index (χ2n) is 9.14. The van der Waals surface area contributed by atoms with Crippen LogP contribution in [0, 0.1) is 11.8 Å². The van der Waals surface area contributed by atoms with E-state index < -0.39 is 6.03 Å². The average molecular weight is 460 g/mol. The van der Waals surface area contributed by atoms with Crippen LogP contribution in [0.4, 0.5) is 4.79 Å². The largest absolute Gasteiger partial charge is 0.352 e. The number of amides is 3. The number of urea groups is 1. The molecule has 0 atom stereocenters. The highest BCUT2D eigenvalue weighted by Gasteiger charge is 2.22. The number of rotatable bonds is 8. The molecule has 4 rings (SSSR count). The van der Waals surface area contributed by atoms with E-state index in [-0.39, 0.29) is 5.91 Å². The van der Waals surface area contributed by atoms with Crippen molar-refractivity contribution >= 4 is 22.8 Å². The number of carbonyl (C=O) groups is 2. The number of fused-ring (bicyclic) bond motifs is 1. The normalized spacial score (nSPS) is 17.9. The van der Waals surface area contributed by atoms with Crippen LogP contribution in [0.5, 0.6) is 0 Å². The zero-order chi connectivity index (χ0) is 23.9. The minimum absolute atomic E-state index is 0.0660. The molecule has 7 heteroatoms. The van der Waals surface area contributed by atoms with Gasteiger partial charge in [-0.1, -0.05) is 36.4 Å². The van der Waals surface area contributed by atoms with Crippen LogP contribution in [-0.4, -0.2) is 37.1 Å². The SMILES string of the molecule is CNC[C@H]1CC[C@H](CNC(=O)c2cc(-c3cccc(CNC(N)=O)c3)nc3ccccc23)CC1. The third-order valence-electron chi connectivity index (χ3n) is 6.66. The molecule has 0 aliphatic heterocycles. The van der Waals surface area contributed by atoms with Crippen molar-refractivity contribution in [3.63, 3.8) is 0 Å². The Morgan fingerprint density at radius 2 is 1.68 bits per heavy atom. The van der Waals surface area contributed by atoms with Crippen LogP contribution in [0.3, 0.4) is 0 Å². The number of aromatic nitrogens is 1. The summed E-state index contributed by atoms with van der Waals surface area (Å²) in [7, 11) is 2.01. The molecule has 7 nitrogen and oxygen atoms in total. The van der Waals surface area contributed by atoms with Crippen LogP contribution in [0.15, 0.2) is 54.6 Å². The molecule has 2 aromatic carbocycles. The number of para-hydroxylation sites is 1. The second-order valence-corrected chi connectivity index (χ2v) is 9.14. The molecule has 1 fully saturated rings. The second kappa shape index (κ2) is 11.1. The first-order valence-electron chi connectivity index (χ1n) is 12.0. The summed E-state index contributed by atoms with van der Waals surface area (Å²) in [6, 6.07) is 16.8. The highest BCUT2D eigenvalue weighted by Crippen LogP contribution is 2.29. The Bertz CT molecular complexity index is 1150. The van der Waals surface area contributed by atoms with E-state index in [1.54, 1.807) is 0 Å². The standard InChI is InChI=1S/C27H33N5O2/c1-29-15-18-9-11-19(12-10-18)16-30-26(33)23-14-25(32-24-8-3-2-7-22(23)24)21-6-4-5-20(13-21)17-31-27(28)34/h2-8,13-14,18-19,29H,9-12,15-17H2,1H3,(H,30,33)(H3,28,31,34)/t18-,19-. The molecular formula is C27H33N5O2. The van der Waals surface area contributed by atoms with Gasteiger partial charge in [0.15, 0.2) is 0 Å². The van der Waals surface area contributed by atoms with Crippen molar-refractivity contribution in [3.8, 4) is 11.3 Å². The Balaban J connectivity index is 1.53. The van der Waals surface area contributed by atoms with Crippen LogP contribution in [-0.2, 0) is 6.54 Å². The molecule has 0 saturated heterocycles. The fraction of sp³-hybridized carbons (Fsp3) is 0.370. The Labute approximate surface area is 200 Å². The van der Waals surface area contributed by atoms with Gasteiger partial charge in [0, 0.05) is 24.0 Å². The van der Waals surface area contributed by atoms with Crippen molar-refractivity contribution in [3.05, 3.63) is 65.7 Å². The lowest BCUT2D eigenvalue weighted by molar-refractivity contribution is 0.0943. The smallest absolute Gasteiger partial charge is 0.312 e. The van der Waals surface area contributed by atoms with Crippen molar-refractivity contribution in [2.45, 2.75) is 32.2 Å². The maximum atomic E-state index is 13.3. The summed E-state index contributed by atoms with van der Waals surface area (Å²) in [6.07, 6.45) is 4.73. The summed E-state index contributed by atoms with van der Waals surface area (Å²) in [4.78, 5) is 29.2. The van der Waals surface area contributed by atoms with Gasteiger partial charge in [-0.15, -0.1) is 0 Å². The summed E-state index contributed by atoms with van der Waals surface area (Å²) in [5.41, 5.74) is 9.11. The fourth-order valence-electron chi connectivity index (χ4n) is 4.80. The number of nitrogens with one attached hydrogen (secondary N) is 3. The van der Waals surface area contributed by atoms with Crippen molar-refractivity contribution in [1.29, 1.82) is 0 Å². The van der Waals surface area contributed by atoms with Gasteiger partial charge in [-0.05, 0) is 74.9 Å². The van der Waals surface area contributed by atoms with Gasteiger partial charge in [0.25, 0.3) is 5.91 Å². The zero-order valence-electron chi connectivity index (χ0n) is 19.6. The van der Waals surface area contributed by atoms with Crippen molar-refractivity contribution in [2.75, 3.05) is 20.1 Å². The van der Waals surface area contributed by atoms with Crippen molar-refractivity contribution < 1.29 is 9.59 Å². The van der Waals surface area contributed by atoms with Crippen LogP contribution >= 0.6 is 0 Å². The molecule has 0 spiro atoms. The molecule has 178 valence electrons. The Morgan fingerprint density at radius 1 is 0.941 bits per heavy atom. The number of nitrogens with two attached hydrogens (primary N) is 1. The van der Waals surface area contributed by atoms with Crippen molar-refractivity contribution in [1.82, 2.24) is 20.9 Å². The fourth-order valence-corrected chi connectivity index (χ4v) is 4.80. The van der Waals surface area contributed by atoms with Gasteiger partial charge in [0.05, 0.1) is 16.8 Å². The average Bonchev–Trinajstić information content (AvgIpc) is 2.86. The van der Waals surface area contributed by atoms with Gasteiger partial charge >= 0.3 is 6.03 Å². The third kappa shape index (κ3) is 5.91. The molecule has 0 radical (unpaired) electrons. The summed E-state index contributed by atoms with van der Waals surface area (Å²) in [6.45, 7) is 2.11. The van der Waals surface area contributed by atoms with Gasteiger partial charge in [0.1, 0.15) is 0 Å². The molecule has 1 heterocycles. The van der Waals surface area contributed by atoms with E-state index in [0.717, 1.165) is 53.0 Å². The molecule has 34 heavy (non-hydrogen) atoms. The summed E-state index contributed by atoms with van der Waals surface area (Å²) < 4.78 is 0. The first kappa shape index (κ1) is 23.7. The van der Waals surface area contributed by atoms with Gasteiger partial charge < -0.3 is 21.7 Å². The van der Waals surface area contributed by atoms with Gasteiger partial charge in [-0.2, -0.15) is 0 Å². The lowest BCUT2D eigenvalue weighted by Gasteiger charge is -2.28. The molecule has 1 aliphatic rings. The van der Waals surface area contributed by atoms with Crippen LogP contribution in [0.1, 0.15) is 41.6 Å². The monoisotopic (exact) mass is 459 g/mol. The zero-order valence-corrected chi connectivity index (χ0v) is 19.6. The van der Waals surface area contributed by atoms with Crippen LogP contribution in [0.2, 0.25) is 0 Å². The quantitative estimate of drug-likeness (QED) is 0.410. The topological polar surface area (TPSA) is 109 Å². The van der Waals surface area contributed by atoms with E-state index in [1.165, 1.54) is 12.8 Å². The predicted molar refractivity (Wildman–Crippen MR) is 135 cm³/mol. The molecule has 3 amide bonds. The highest BCUT2D eigenvalue weighted by atomic mass is 16.2. The number of pyridine rings is 1. The van der Waals surface area contributed by atoms with Gasteiger partial charge in [-0.3, -0.25) is 4.79 Å². The predicted octanol–water partition coefficient (Wildman–Crippen LogP) is 3.83. The summed E-state index contributed by atoms with van der Waals surface area (Å²) >= 11 is 0. The first-order chi connectivity index (χ1) is 16.5. The van der Waals surface area contributed by atoms with E-state index in [1.807, 2.05) is 61.6 Å². The molecule has 0 unspecified atom stereocenters. The molecular weight excluding hydrogens is 426 g/mol. The number of benzene rings is 2. The van der Waals surface area contributed by atoms with Crippen LogP contribution in [0.25, 0.3) is 22.2 Å². The van der Waals surface area contributed by atoms with E-state index in [2.05, 4.69) is 16.0 Å². The maximum Gasteiger partial charge on any atom is 0.312 e. The lowest BCUT2D eigenvalue weighted by Crippen LogP contribution is -2.32. The molecule has 1 aromatic heterocycles. The third-order valence-corrected chi connectivity index (χ3v) is 6.66. The summed E-state index contributed by atoms with van der Waals surface area (Å²) in [5.74, 6) is 1.21. The maximum absolute atomic E-state index is 13.3. The number of hydrogen-bond donors (Lipinski definition) is 4. The van der Waals surface area contributed by atoms with E-state index in [9.17, 15) is 9.59 Å². The molecule has 0 bridgehead atoms. The van der Waals surface area contributed by atoms with Crippen LogP contribution < -0.4 is 21.7 Å². The van der Waals surface area contributed by atoms with E-state index in [4.69, 9.17) is 10.7 Å². The minimum Gasteiger partial charge on any atom is -0.352 e. The minimum atomic E-state index is -0.566. The number of hydrogen-bond acceptors (Lipinski definition) is 4. The molecule has 5 N–H and O–H groups in total. The van der Waals surface area contributed by atoms with Gasteiger partial charge in [-0.25, -0.2) is 9.78 Å². The number of primary amides is 1. The molecule has 1 aliphatic carbocycles. The number of carbonyl (C=O) groups excluding carboxylic acids is 2. The Kier molecular flexibility index (Phi) is 7.75. The first-order valence-corrected chi connectivity index (χ1v) is 12.0. The van der Waals surface area contributed by atoms with E-state index >= 15 is 0 Å². The van der Waals surface area contributed by atoms with Crippen molar-refractivity contribution in [2.24, 2.45) is 17.6 Å². The number of nitrogens with zero attached hydrogens (tertiary/aromatic N) is 1. The summed E-state index contributed by atoms with van der Waals surface area (Å²) in [5, 5.41) is 9.91.